The zero-order chi connectivity index (χ0) is 18.9. The molecular formula is C20H19N5OS2. The maximum absolute atomic E-state index is 12.9. The first kappa shape index (κ1) is 17.5. The number of aromatic nitrogens is 4. The molecule has 1 aliphatic heterocycles. The highest BCUT2D eigenvalue weighted by molar-refractivity contribution is 7.14. The Morgan fingerprint density at radius 1 is 1.21 bits per heavy atom. The van der Waals surface area contributed by atoms with Crippen molar-refractivity contribution in [2.75, 3.05) is 13.1 Å². The summed E-state index contributed by atoms with van der Waals surface area (Å²) in [5.41, 5.74) is 2.83. The highest BCUT2D eigenvalue weighted by atomic mass is 32.1. The Balaban J connectivity index is 1.29. The minimum atomic E-state index is 0.140. The van der Waals surface area contributed by atoms with Crippen LogP contribution in [0.5, 0.6) is 0 Å². The maximum atomic E-state index is 12.9. The average molecular weight is 410 g/mol. The lowest BCUT2D eigenvalue weighted by molar-refractivity contribution is -0.131. The van der Waals surface area contributed by atoms with E-state index in [0.29, 0.717) is 13.0 Å². The molecule has 0 spiro atoms. The molecule has 8 heteroatoms. The summed E-state index contributed by atoms with van der Waals surface area (Å²) in [5, 5.41) is 15.8. The van der Waals surface area contributed by atoms with Crippen LogP contribution in [-0.2, 0) is 11.2 Å². The van der Waals surface area contributed by atoms with Crippen molar-refractivity contribution in [1.82, 2.24) is 24.5 Å². The van der Waals surface area contributed by atoms with Crippen LogP contribution in [0.25, 0.3) is 16.2 Å². The van der Waals surface area contributed by atoms with E-state index in [1.807, 2.05) is 44.5 Å². The monoisotopic (exact) mass is 409 g/mol. The molecule has 142 valence electrons. The molecule has 1 aliphatic rings. The normalized spacial score (nSPS) is 17.3. The van der Waals surface area contributed by atoms with E-state index >= 15 is 0 Å². The van der Waals surface area contributed by atoms with Crippen molar-refractivity contribution in [2.45, 2.75) is 25.2 Å². The fourth-order valence-electron chi connectivity index (χ4n) is 3.73. The average Bonchev–Trinajstić information content (AvgIpc) is 3.48. The van der Waals surface area contributed by atoms with Gasteiger partial charge in [0.1, 0.15) is 10.8 Å². The molecule has 1 saturated heterocycles. The van der Waals surface area contributed by atoms with Crippen LogP contribution in [0.3, 0.4) is 0 Å². The van der Waals surface area contributed by atoms with Crippen molar-refractivity contribution in [3.8, 4) is 10.6 Å². The van der Waals surface area contributed by atoms with Gasteiger partial charge in [-0.1, -0.05) is 6.07 Å². The second-order valence-corrected chi connectivity index (χ2v) is 8.64. The summed E-state index contributed by atoms with van der Waals surface area (Å²) in [7, 11) is 0. The van der Waals surface area contributed by atoms with Crippen LogP contribution < -0.4 is 0 Å². The molecule has 1 unspecified atom stereocenters. The third-order valence-electron chi connectivity index (χ3n) is 5.13. The first-order valence-electron chi connectivity index (χ1n) is 9.32. The molecule has 0 N–H and O–H groups in total. The van der Waals surface area contributed by atoms with Gasteiger partial charge in [-0.3, -0.25) is 9.20 Å². The summed E-state index contributed by atoms with van der Waals surface area (Å²) in [6.07, 6.45) is 4.36. The third-order valence-corrected chi connectivity index (χ3v) is 6.75. The number of thiophene rings is 1. The van der Waals surface area contributed by atoms with Crippen molar-refractivity contribution in [1.29, 1.82) is 0 Å². The topological polar surface area (TPSA) is 63.4 Å². The summed E-state index contributed by atoms with van der Waals surface area (Å²) in [4.78, 5) is 19.5. The summed E-state index contributed by atoms with van der Waals surface area (Å²) in [5.74, 6) is 1.30. The van der Waals surface area contributed by atoms with Crippen molar-refractivity contribution in [3.63, 3.8) is 0 Å². The number of rotatable bonds is 4. The van der Waals surface area contributed by atoms with Crippen LogP contribution in [-0.4, -0.2) is 43.5 Å². The zero-order valence-corrected chi connectivity index (χ0v) is 16.8. The number of amides is 1. The van der Waals surface area contributed by atoms with Crippen LogP contribution in [0.15, 0.2) is 46.6 Å². The first-order valence-corrected chi connectivity index (χ1v) is 11.1. The van der Waals surface area contributed by atoms with Gasteiger partial charge in [-0.15, -0.1) is 21.5 Å². The largest absolute Gasteiger partial charge is 0.342 e. The van der Waals surface area contributed by atoms with Gasteiger partial charge in [0.05, 0.1) is 12.1 Å². The number of carbonyl (C=O) groups is 1. The highest BCUT2D eigenvalue weighted by Gasteiger charge is 2.28. The molecule has 6 nitrogen and oxygen atoms in total. The molecule has 0 aliphatic carbocycles. The Labute approximate surface area is 170 Å². The molecule has 0 bridgehead atoms. The van der Waals surface area contributed by atoms with Crippen molar-refractivity contribution >= 4 is 34.2 Å². The van der Waals surface area contributed by atoms with Gasteiger partial charge < -0.3 is 4.90 Å². The molecule has 5 rings (SSSR count). The van der Waals surface area contributed by atoms with E-state index in [1.165, 1.54) is 0 Å². The lowest BCUT2D eigenvalue weighted by Gasteiger charge is -2.32. The number of nitrogens with zero attached hydrogens (tertiary/aromatic N) is 5. The number of fused-ring (bicyclic) bond motifs is 1. The number of piperidine rings is 1. The van der Waals surface area contributed by atoms with E-state index < -0.39 is 0 Å². The predicted octanol–water partition coefficient (Wildman–Crippen LogP) is 3.86. The number of hydrogen-bond acceptors (Lipinski definition) is 6. The SMILES string of the molecule is O=C(Cc1csc(-c2ccsc2)n1)N1CCCC(c2nnc3ccccn23)C1. The number of likely N-dealkylation sites (tertiary alicyclic amines) is 1. The van der Waals surface area contributed by atoms with Crippen molar-refractivity contribution in [3.05, 3.63) is 58.1 Å². The van der Waals surface area contributed by atoms with E-state index in [1.54, 1.807) is 22.7 Å². The third kappa shape index (κ3) is 3.33. The number of pyridine rings is 1. The number of hydrogen-bond donors (Lipinski definition) is 0. The van der Waals surface area contributed by atoms with Gasteiger partial charge in [-0.2, -0.15) is 11.3 Å². The van der Waals surface area contributed by atoms with E-state index in [9.17, 15) is 4.79 Å². The van der Waals surface area contributed by atoms with Crippen molar-refractivity contribution in [2.24, 2.45) is 0 Å². The second-order valence-electron chi connectivity index (χ2n) is 7.00. The smallest absolute Gasteiger partial charge is 0.228 e. The Bertz CT molecular complexity index is 1100. The van der Waals surface area contributed by atoms with E-state index in [-0.39, 0.29) is 11.8 Å². The number of carbonyl (C=O) groups excluding carboxylic acids is 1. The lowest BCUT2D eigenvalue weighted by Crippen LogP contribution is -2.40. The van der Waals surface area contributed by atoms with E-state index in [4.69, 9.17) is 0 Å². The van der Waals surface area contributed by atoms with Crippen LogP contribution in [0, 0.1) is 0 Å². The molecule has 1 fully saturated rings. The lowest BCUT2D eigenvalue weighted by atomic mass is 9.97. The molecule has 4 aromatic rings. The predicted molar refractivity (Wildman–Crippen MR) is 111 cm³/mol. The minimum Gasteiger partial charge on any atom is -0.342 e. The fourth-order valence-corrected chi connectivity index (χ4v) is 5.26. The van der Waals surface area contributed by atoms with Crippen LogP contribution in [0.1, 0.15) is 30.3 Å². The molecule has 4 aromatic heterocycles. The summed E-state index contributed by atoms with van der Waals surface area (Å²) in [6.45, 7) is 1.49. The number of thiazole rings is 1. The Morgan fingerprint density at radius 3 is 3.07 bits per heavy atom. The molecule has 1 amide bonds. The van der Waals surface area contributed by atoms with Crippen molar-refractivity contribution < 1.29 is 4.79 Å². The van der Waals surface area contributed by atoms with Gasteiger partial charge in [0.2, 0.25) is 5.91 Å². The van der Waals surface area contributed by atoms with Gasteiger partial charge in [-0.25, -0.2) is 4.98 Å². The van der Waals surface area contributed by atoms with Crippen LogP contribution >= 0.6 is 22.7 Å². The summed E-state index contributed by atoms with van der Waals surface area (Å²) in [6, 6.07) is 7.96. The fraction of sp³-hybridized carbons (Fsp3) is 0.300. The summed E-state index contributed by atoms with van der Waals surface area (Å²) >= 11 is 3.26. The molecule has 0 saturated carbocycles. The quantitative estimate of drug-likeness (QED) is 0.513. The summed E-state index contributed by atoms with van der Waals surface area (Å²) < 4.78 is 2.03. The van der Waals surface area contributed by atoms with Gasteiger partial charge >= 0.3 is 0 Å². The standard InChI is InChI=1S/C20H19N5OS2/c26-18(10-16-13-28-20(21-16)15-6-9-27-12-15)24-7-3-4-14(11-24)19-23-22-17-5-1-2-8-25(17)19/h1-2,5-6,8-9,12-14H,3-4,7,10-11H2. The molecule has 1 atom stereocenters. The molecule has 0 aromatic carbocycles. The Morgan fingerprint density at radius 2 is 2.18 bits per heavy atom. The van der Waals surface area contributed by atoms with E-state index in [0.717, 1.165) is 47.1 Å². The maximum Gasteiger partial charge on any atom is 0.228 e. The zero-order valence-electron chi connectivity index (χ0n) is 15.2. The second kappa shape index (κ2) is 7.44. The van der Waals surface area contributed by atoms with E-state index in [2.05, 4.69) is 26.6 Å². The molecular weight excluding hydrogens is 390 g/mol. The molecule has 28 heavy (non-hydrogen) atoms. The molecule has 5 heterocycles. The van der Waals surface area contributed by atoms with Gasteiger partial charge in [0.25, 0.3) is 0 Å². The Kier molecular flexibility index (Phi) is 4.66. The first-order chi connectivity index (χ1) is 13.8. The van der Waals surface area contributed by atoms with Gasteiger partial charge in [-0.05, 0) is 36.4 Å². The highest BCUT2D eigenvalue weighted by Crippen LogP contribution is 2.28. The Hall–Kier alpha value is -2.58. The van der Waals surface area contributed by atoms with Crippen LogP contribution in [0.4, 0.5) is 0 Å². The minimum absolute atomic E-state index is 0.140. The molecule has 0 radical (unpaired) electrons. The van der Waals surface area contributed by atoms with Gasteiger partial charge in [0.15, 0.2) is 5.65 Å². The van der Waals surface area contributed by atoms with Gasteiger partial charge in [0, 0.05) is 41.5 Å². The van der Waals surface area contributed by atoms with Crippen LogP contribution in [0.2, 0.25) is 0 Å².